The van der Waals surface area contributed by atoms with Crippen LogP contribution in [-0.2, 0) is 7.05 Å². The number of aryl methyl sites for hydroxylation is 1. The summed E-state index contributed by atoms with van der Waals surface area (Å²) in [5.74, 6) is -1.04. The third-order valence-corrected chi connectivity index (χ3v) is 2.49. The van der Waals surface area contributed by atoms with Gasteiger partial charge in [-0.25, -0.2) is 0 Å². The van der Waals surface area contributed by atoms with Crippen LogP contribution in [0.25, 0.3) is 0 Å². The van der Waals surface area contributed by atoms with Crippen LogP contribution in [0, 0.1) is 0 Å². The van der Waals surface area contributed by atoms with Gasteiger partial charge in [-0.1, -0.05) is 12.1 Å². The third-order valence-electron chi connectivity index (χ3n) is 2.49. The van der Waals surface area contributed by atoms with Crippen molar-refractivity contribution >= 4 is 17.5 Å². The maximum atomic E-state index is 11.8. The van der Waals surface area contributed by atoms with E-state index >= 15 is 0 Å². The molecule has 0 fully saturated rings. The topological polar surface area (TPSA) is 90.0 Å². The number of aromatic nitrogens is 2. The smallest absolute Gasteiger partial charge is 0.276 e. The fourth-order valence-corrected chi connectivity index (χ4v) is 1.53. The molecule has 1 aromatic carbocycles. The summed E-state index contributed by atoms with van der Waals surface area (Å²) >= 11 is 0. The molecule has 1 heterocycles. The van der Waals surface area contributed by atoms with Gasteiger partial charge in [0.25, 0.3) is 11.8 Å². The lowest BCUT2D eigenvalue weighted by Gasteiger charge is -2.06. The highest BCUT2D eigenvalue weighted by Gasteiger charge is 2.16. The van der Waals surface area contributed by atoms with E-state index in [9.17, 15) is 9.59 Å². The summed E-state index contributed by atoms with van der Waals surface area (Å²) in [5, 5.41) is 6.12. The highest BCUT2D eigenvalue weighted by atomic mass is 16.2. The summed E-state index contributed by atoms with van der Waals surface area (Å²) in [6.45, 7) is 0. The molecule has 3 N–H and O–H groups in total. The molecule has 0 spiro atoms. The van der Waals surface area contributed by atoms with Crippen LogP contribution in [0.2, 0.25) is 0 Å². The number of imide groups is 1. The minimum absolute atomic E-state index is 0.271. The van der Waals surface area contributed by atoms with Crippen LogP contribution in [0.15, 0.2) is 36.5 Å². The van der Waals surface area contributed by atoms with Crippen molar-refractivity contribution in [3.63, 3.8) is 0 Å². The summed E-state index contributed by atoms with van der Waals surface area (Å²) in [7, 11) is 1.62. The van der Waals surface area contributed by atoms with Gasteiger partial charge in [0.1, 0.15) is 5.69 Å². The first-order chi connectivity index (χ1) is 8.59. The van der Waals surface area contributed by atoms with E-state index in [4.69, 9.17) is 5.73 Å². The van der Waals surface area contributed by atoms with Crippen LogP contribution in [-0.4, -0.2) is 21.6 Å². The average Bonchev–Trinajstić information content (AvgIpc) is 2.76. The van der Waals surface area contributed by atoms with Gasteiger partial charge in [-0.3, -0.25) is 19.6 Å². The maximum absolute atomic E-state index is 11.8. The number of hydrogen-bond donors (Lipinski definition) is 2. The molecule has 2 aromatic rings. The Morgan fingerprint density at radius 2 is 1.94 bits per heavy atom. The molecule has 0 bridgehead atoms. The lowest BCUT2D eigenvalue weighted by atomic mass is 10.1. The van der Waals surface area contributed by atoms with E-state index in [0.29, 0.717) is 11.4 Å². The van der Waals surface area contributed by atoms with E-state index in [1.807, 2.05) is 0 Å². The van der Waals surface area contributed by atoms with Crippen LogP contribution in [0.5, 0.6) is 0 Å². The molecule has 1 aromatic heterocycles. The second-order valence-electron chi connectivity index (χ2n) is 3.71. The monoisotopic (exact) mass is 244 g/mol. The first-order valence-corrected chi connectivity index (χ1v) is 5.28. The van der Waals surface area contributed by atoms with Gasteiger partial charge in [0, 0.05) is 18.9 Å². The summed E-state index contributed by atoms with van der Waals surface area (Å²) in [4.78, 5) is 23.6. The number of benzene rings is 1. The molecule has 18 heavy (non-hydrogen) atoms. The molecule has 0 aliphatic heterocycles. The van der Waals surface area contributed by atoms with Crippen molar-refractivity contribution in [1.29, 1.82) is 0 Å². The van der Waals surface area contributed by atoms with Crippen LogP contribution in [0.3, 0.4) is 0 Å². The Hall–Kier alpha value is -2.63. The number of nitrogens with two attached hydrogens (primary N) is 1. The number of nitrogen functional groups attached to an aromatic ring is 1. The summed E-state index contributed by atoms with van der Waals surface area (Å²) in [6.07, 6.45) is 1.48. The van der Waals surface area contributed by atoms with Crippen LogP contribution in [0.4, 0.5) is 5.69 Å². The highest BCUT2D eigenvalue weighted by molar-refractivity contribution is 6.11. The Bertz CT molecular complexity index is 604. The van der Waals surface area contributed by atoms with Crippen molar-refractivity contribution in [2.24, 2.45) is 7.05 Å². The molecule has 92 valence electrons. The number of rotatable bonds is 2. The summed E-state index contributed by atoms with van der Waals surface area (Å²) < 4.78 is 1.39. The normalized spacial score (nSPS) is 10.1. The second kappa shape index (κ2) is 4.70. The Balaban J connectivity index is 2.16. The van der Waals surface area contributed by atoms with E-state index < -0.39 is 11.8 Å². The maximum Gasteiger partial charge on any atom is 0.276 e. The van der Waals surface area contributed by atoms with Gasteiger partial charge in [0.2, 0.25) is 0 Å². The van der Waals surface area contributed by atoms with E-state index in [-0.39, 0.29) is 5.56 Å². The van der Waals surface area contributed by atoms with E-state index in [0.717, 1.165) is 0 Å². The standard InChI is InChI=1S/C12H12N4O2/c1-16-10(6-7-14-16)12(18)15-11(17)8-4-2-3-5-9(8)13/h2-7H,13H2,1H3,(H,15,17,18). The molecule has 6 nitrogen and oxygen atoms in total. The molecule has 0 saturated carbocycles. The first-order valence-electron chi connectivity index (χ1n) is 5.28. The van der Waals surface area contributed by atoms with E-state index in [1.165, 1.54) is 16.9 Å². The second-order valence-corrected chi connectivity index (χ2v) is 3.71. The number of nitrogens with zero attached hydrogens (tertiary/aromatic N) is 2. The predicted molar refractivity (Wildman–Crippen MR) is 65.9 cm³/mol. The zero-order valence-electron chi connectivity index (χ0n) is 9.75. The van der Waals surface area contributed by atoms with Gasteiger partial charge < -0.3 is 5.73 Å². The van der Waals surface area contributed by atoms with Crippen LogP contribution >= 0.6 is 0 Å². The fourth-order valence-electron chi connectivity index (χ4n) is 1.53. The molecule has 0 aliphatic rings. The third kappa shape index (κ3) is 2.22. The van der Waals surface area contributed by atoms with Gasteiger partial charge in [-0.2, -0.15) is 5.10 Å². The fraction of sp³-hybridized carbons (Fsp3) is 0.0833. The predicted octanol–water partition coefficient (Wildman–Crippen LogP) is 0.573. The Kier molecular flexibility index (Phi) is 3.09. The minimum Gasteiger partial charge on any atom is -0.398 e. The van der Waals surface area contributed by atoms with Crippen LogP contribution < -0.4 is 11.1 Å². The number of para-hydroxylation sites is 1. The van der Waals surface area contributed by atoms with Crippen molar-refractivity contribution in [3.8, 4) is 0 Å². The quantitative estimate of drug-likeness (QED) is 0.597. The molecule has 0 aliphatic carbocycles. The zero-order valence-corrected chi connectivity index (χ0v) is 9.75. The molecule has 0 atom stereocenters. The number of hydrogen-bond acceptors (Lipinski definition) is 4. The number of nitrogens with one attached hydrogen (secondary N) is 1. The van der Waals surface area contributed by atoms with Crippen molar-refractivity contribution < 1.29 is 9.59 Å². The molecule has 0 radical (unpaired) electrons. The van der Waals surface area contributed by atoms with E-state index in [2.05, 4.69) is 10.4 Å². The Labute approximate surface area is 103 Å². The van der Waals surface area contributed by atoms with Gasteiger partial charge in [0.15, 0.2) is 0 Å². The van der Waals surface area contributed by atoms with Crippen molar-refractivity contribution in [3.05, 3.63) is 47.8 Å². The minimum atomic E-state index is -0.528. The lowest BCUT2D eigenvalue weighted by molar-refractivity contribution is 0.0844. The number of amides is 2. The molecule has 6 heteroatoms. The molecular formula is C12H12N4O2. The summed E-state index contributed by atoms with van der Waals surface area (Å²) in [6, 6.07) is 8.08. The van der Waals surface area contributed by atoms with Crippen molar-refractivity contribution in [2.75, 3.05) is 5.73 Å². The van der Waals surface area contributed by atoms with Gasteiger partial charge in [-0.05, 0) is 18.2 Å². The molecule has 0 unspecified atom stereocenters. The largest absolute Gasteiger partial charge is 0.398 e. The molecular weight excluding hydrogens is 232 g/mol. The number of anilines is 1. The number of carbonyl (C=O) groups excluding carboxylic acids is 2. The van der Waals surface area contributed by atoms with E-state index in [1.54, 1.807) is 31.3 Å². The lowest BCUT2D eigenvalue weighted by Crippen LogP contribution is -2.32. The molecule has 0 saturated heterocycles. The average molecular weight is 244 g/mol. The Morgan fingerprint density at radius 3 is 2.56 bits per heavy atom. The van der Waals surface area contributed by atoms with Crippen LogP contribution in [0.1, 0.15) is 20.8 Å². The van der Waals surface area contributed by atoms with Crippen molar-refractivity contribution in [1.82, 2.24) is 15.1 Å². The zero-order chi connectivity index (χ0) is 13.1. The van der Waals surface area contributed by atoms with Gasteiger partial charge >= 0.3 is 0 Å². The number of carbonyl (C=O) groups is 2. The van der Waals surface area contributed by atoms with Crippen molar-refractivity contribution in [2.45, 2.75) is 0 Å². The highest BCUT2D eigenvalue weighted by Crippen LogP contribution is 2.10. The summed E-state index contributed by atoms with van der Waals surface area (Å²) in [5.41, 5.74) is 6.56. The molecule has 2 rings (SSSR count). The van der Waals surface area contributed by atoms with Gasteiger partial charge in [-0.15, -0.1) is 0 Å². The first kappa shape index (κ1) is 11.8. The van der Waals surface area contributed by atoms with Gasteiger partial charge in [0.05, 0.1) is 5.56 Å². The SMILES string of the molecule is Cn1nccc1C(=O)NC(=O)c1ccccc1N. The molecule has 2 amide bonds. The Morgan fingerprint density at radius 1 is 1.22 bits per heavy atom.